The fraction of sp³-hybridized carbons (Fsp3) is 0.182. The number of fused-ring (bicyclic) bond motifs is 6. The number of rotatable bonds is 1. The third-order valence-electron chi connectivity index (χ3n) is 7.84. The summed E-state index contributed by atoms with van der Waals surface area (Å²) < 4.78 is 0. The van der Waals surface area contributed by atoms with Crippen LogP contribution in [0.2, 0.25) is 0 Å². The minimum absolute atomic E-state index is 0.0627. The molecule has 1 atom stereocenters. The summed E-state index contributed by atoms with van der Waals surface area (Å²) in [7, 11) is 0. The molecule has 1 aliphatic carbocycles. The van der Waals surface area contributed by atoms with Crippen LogP contribution in [0.25, 0.3) is 37.9 Å². The van der Waals surface area contributed by atoms with Crippen molar-refractivity contribution in [3.05, 3.63) is 108 Å². The molecule has 0 aromatic heterocycles. The molecule has 1 N–H and O–H groups in total. The number of hydrogen-bond donors (Lipinski definition) is 1. The molecule has 35 heavy (non-hydrogen) atoms. The van der Waals surface area contributed by atoms with Gasteiger partial charge in [-0.05, 0) is 67.4 Å². The predicted molar refractivity (Wildman–Crippen MR) is 147 cm³/mol. The van der Waals surface area contributed by atoms with Crippen molar-refractivity contribution >= 4 is 49.4 Å². The zero-order valence-electron chi connectivity index (χ0n) is 20.1. The topological polar surface area (TPSA) is 29.1 Å². The SMILES string of the molecule is CC1(C)CC(=O)C2=C(C1)c1c(ccc3ccccc13)NC2c1c2ccccc2cc2ccccc12. The highest BCUT2D eigenvalue weighted by Crippen LogP contribution is 2.53. The number of nitrogens with one attached hydrogen (secondary N) is 1. The lowest BCUT2D eigenvalue weighted by Crippen LogP contribution is -2.33. The molecule has 0 spiro atoms. The second kappa shape index (κ2) is 7.29. The number of Topliss-reactive ketones (excluding diaryl/α,β-unsaturated/α-hetero) is 1. The van der Waals surface area contributed by atoms with Gasteiger partial charge in [0.2, 0.25) is 0 Å². The Labute approximate surface area is 205 Å². The summed E-state index contributed by atoms with van der Waals surface area (Å²) in [5.74, 6) is 0.268. The fourth-order valence-electron chi connectivity index (χ4n) is 6.41. The lowest BCUT2D eigenvalue weighted by molar-refractivity contribution is -0.118. The van der Waals surface area contributed by atoms with Gasteiger partial charge in [-0.3, -0.25) is 4.79 Å². The van der Waals surface area contributed by atoms with Crippen molar-refractivity contribution in [2.24, 2.45) is 5.41 Å². The Morgan fingerprint density at radius 1 is 0.714 bits per heavy atom. The monoisotopic (exact) mass is 453 g/mol. The molecule has 2 nitrogen and oxygen atoms in total. The van der Waals surface area contributed by atoms with E-state index >= 15 is 0 Å². The highest BCUT2D eigenvalue weighted by molar-refractivity contribution is 6.15. The first kappa shape index (κ1) is 20.5. The van der Waals surface area contributed by atoms with Gasteiger partial charge in [-0.15, -0.1) is 0 Å². The van der Waals surface area contributed by atoms with Crippen LogP contribution in [0.15, 0.2) is 96.6 Å². The van der Waals surface area contributed by atoms with Crippen LogP contribution < -0.4 is 5.32 Å². The van der Waals surface area contributed by atoms with Crippen molar-refractivity contribution in [1.82, 2.24) is 0 Å². The lowest BCUT2D eigenvalue weighted by atomic mass is 9.67. The first-order chi connectivity index (χ1) is 17.0. The number of carbonyl (C=O) groups excluding carboxylic acids is 1. The largest absolute Gasteiger partial charge is 0.373 e. The second-order valence-corrected chi connectivity index (χ2v) is 10.9. The van der Waals surface area contributed by atoms with Crippen LogP contribution in [0.5, 0.6) is 0 Å². The van der Waals surface area contributed by atoms with Gasteiger partial charge in [0.15, 0.2) is 5.78 Å². The average molecular weight is 454 g/mol. The molecule has 7 rings (SSSR count). The van der Waals surface area contributed by atoms with Crippen LogP contribution in [0.3, 0.4) is 0 Å². The number of hydrogen-bond acceptors (Lipinski definition) is 2. The summed E-state index contributed by atoms with van der Waals surface area (Å²) in [6.45, 7) is 4.45. The Hall–Kier alpha value is -3.91. The van der Waals surface area contributed by atoms with Crippen molar-refractivity contribution in [1.29, 1.82) is 0 Å². The fourth-order valence-corrected chi connectivity index (χ4v) is 6.41. The standard InChI is InChI=1S/C33H27NO/c1-33(2)18-26-29-23-12-6-3-9-20(23)15-16-27(29)34-32(31(26)28(35)19-33)30-24-13-7-4-10-21(24)17-22-11-5-8-14-25(22)30/h3-17,32,34H,18-19H2,1-2H3. The van der Waals surface area contributed by atoms with Crippen LogP contribution in [0.1, 0.15) is 43.9 Å². The summed E-state index contributed by atoms with van der Waals surface area (Å²) in [5, 5.41) is 11.1. The van der Waals surface area contributed by atoms with E-state index < -0.39 is 0 Å². The Kier molecular flexibility index (Phi) is 4.26. The third-order valence-corrected chi connectivity index (χ3v) is 7.84. The molecule has 1 aliphatic heterocycles. The normalized spacial score (nSPS) is 19.0. The molecular formula is C33H27NO. The van der Waals surface area contributed by atoms with E-state index in [9.17, 15) is 4.79 Å². The van der Waals surface area contributed by atoms with E-state index in [4.69, 9.17) is 0 Å². The molecule has 0 radical (unpaired) electrons. The van der Waals surface area contributed by atoms with Crippen molar-refractivity contribution in [2.75, 3.05) is 5.32 Å². The number of ketones is 1. The van der Waals surface area contributed by atoms with Gasteiger partial charge in [0.1, 0.15) is 0 Å². The van der Waals surface area contributed by atoms with Crippen LogP contribution in [-0.2, 0) is 4.79 Å². The van der Waals surface area contributed by atoms with Crippen molar-refractivity contribution < 1.29 is 4.79 Å². The molecule has 0 saturated heterocycles. The molecule has 0 amide bonds. The van der Waals surface area contributed by atoms with E-state index in [2.05, 4.69) is 110 Å². The van der Waals surface area contributed by atoms with Crippen molar-refractivity contribution in [2.45, 2.75) is 32.7 Å². The van der Waals surface area contributed by atoms with Crippen LogP contribution in [0, 0.1) is 5.41 Å². The van der Waals surface area contributed by atoms with Gasteiger partial charge < -0.3 is 5.32 Å². The molecule has 2 heteroatoms. The van der Waals surface area contributed by atoms with Gasteiger partial charge in [-0.25, -0.2) is 0 Å². The molecule has 170 valence electrons. The quantitative estimate of drug-likeness (QED) is 0.258. The molecule has 0 fully saturated rings. The van der Waals surface area contributed by atoms with E-state index in [1.54, 1.807) is 0 Å². The minimum Gasteiger partial charge on any atom is -0.373 e. The molecule has 0 bridgehead atoms. The van der Waals surface area contributed by atoms with Gasteiger partial charge >= 0.3 is 0 Å². The predicted octanol–water partition coefficient (Wildman–Crippen LogP) is 8.46. The van der Waals surface area contributed by atoms with E-state index in [-0.39, 0.29) is 17.2 Å². The van der Waals surface area contributed by atoms with Crippen molar-refractivity contribution in [3.8, 4) is 0 Å². The summed E-state index contributed by atoms with van der Waals surface area (Å²) in [5.41, 5.74) is 5.65. The zero-order valence-corrected chi connectivity index (χ0v) is 20.1. The first-order valence-corrected chi connectivity index (χ1v) is 12.5. The molecule has 2 aliphatic rings. The third kappa shape index (κ3) is 3.06. The van der Waals surface area contributed by atoms with Crippen LogP contribution in [-0.4, -0.2) is 5.78 Å². The number of allylic oxidation sites excluding steroid dienone is 1. The minimum atomic E-state index is -0.182. The molecule has 5 aromatic carbocycles. The molecule has 5 aromatic rings. The molecule has 1 heterocycles. The maximum Gasteiger partial charge on any atom is 0.162 e. The number of benzene rings is 5. The average Bonchev–Trinajstić information content (AvgIpc) is 2.85. The Bertz CT molecular complexity index is 1670. The van der Waals surface area contributed by atoms with E-state index in [0.29, 0.717) is 6.42 Å². The Morgan fingerprint density at radius 3 is 2.00 bits per heavy atom. The number of carbonyl (C=O) groups is 1. The highest BCUT2D eigenvalue weighted by atomic mass is 16.1. The van der Waals surface area contributed by atoms with Gasteiger partial charge in [0.05, 0.1) is 6.04 Å². The lowest BCUT2D eigenvalue weighted by Gasteiger charge is -2.40. The van der Waals surface area contributed by atoms with Crippen molar-refractivity contribution in [3.63, 3.8) is 0 Å². The maximum absolute atomic E-state index is 13.9. The molecule has 1 unspecified atom stereocenters. The van der Waals surface area contributed by atoms with Crippen LogP contribution >= 0.6 is 0 Å². The second-order valence-electron chi connectivity index (χ2n) is 10.9. The summed E-state index contributed by atoms with van der Waals surface area (Å²) in [6, 6.07) is 32.2. The summed E-state index contributed by atoms with van der Waals surface area (Å²) in [4.78, 5) is 13.9. The number of anilines is 1. The summed E-state index contributed by atoms with van der Waals surface area (Å²) >= 11 is 0. The Morgan fingerprint density at radius 2 is 1.31 bits per heavy atom. The van der Waals surface area contributed by atoms with E-state index in [0.717, 1.165) is 17.7 Å². The van der Waals surface area contributed by atoms with Gasteiger partial charge in [0.25, 0.3) is 0 Å². The van der Waals surface area contributed by atoms with Gasteiger partial charge in [-0.1, -0.05) is 92.7 Å². The van der Waals surface area contributed by atoms with Gasteiger partial charge in [-0.2, -0.15) is 0 Å². The smallest absolute Gasteiger partial charge is 0.162 e. The molecular weight excluding hydrogens is 426 g/mol. The maximum atomic E-state index is 13.9. The molecule has 0 saturated carbocycles. The highest BCUT2D eigenvalue weighted by Gasteiger charge is 2.41. The van der Waals surface area contributed by atoms with Crippen LogP contribution in [0.4, 0.5) is 5.69 Å². The zero-order chi connectivity index (χ0) is 23.7. The van der Waals surface area contributed by atoms with E-state index in [1.165, 1.54) is 49.0 Å². The van der Waals surface area contributed by atoms with Gasteiger partial charge in [0, 0.05) is 23.2 Å². The summed E-state index contributed by atoms with van der Waals surface area (Å²) in [6.07, 6.45) is 1.47. The van der Waals surface area contributed by atoms with E-state index in [1.807, 2.05) is 0 Å². The first-order valence-electron chi connectivity index (χ1n) is 12.5. The Balaban J connectivity index is 1.60.